The van der Waals surface area contributed by atoms with Crippen LogP contribution in [-0.4, -0.2) is 56.2 Å². The van der Waals surface area contributed by atoms with E-state index in [9.17, 15) is 9.36 Å². The van der Waals surface area contributed by atoms with Gasteiger partial charge in [0.15, 0.2) is 5.82 Å². The lowest BCUT2D eigenvalue weighted by Gasteiger charge is -2.14. The predicted molar refractivity (Wildman–Crippen MR) is 93.7 cm³/mol. The number of carboxylic acids is 1. The molecule has 152 valence electrons. The Balaban J connectivity index is 2.05. The van der Waals surface area contributed by atoms with Crippen LogP contribution in [0.4, 0.5) is 5.69 Å². The number of nitrogens with zero attached hydrogens (tertiary/aromatic N) is 5. The number of carbonyl (C=O) groups is 1. The number of aromatic nitrogens is 5. The van der Waals surface area contributed by atoms with E-state index >= 15 is 0 Å². The number of aliphatic carboxylic acids is 1. The summed E-state index contributed by atoms with van der Waals surface area (Å²) in [7, 11) is -3.81. The Bertz CT molecular complexity index is 793. The smallest absolute Gasteiger partial charge is 0.391 e. The second-order valence-corrected chi connectivity index (χ2v) is 6.89. The number of rotatable bonds is 12. The molecule has 0 spiro atoms. The van der Waals surface area contributed by atoms with Gasteiger partial charge < -0.3 is 10.4 Å². The molecular weight excluding hydrogens is 395 g/mol. The summed E-state index contributed by atoms with van der Waals surface area (Å²) in [6.45, 7) is 3.37. The lowest BCUT2D eigenvalue weighted by molar-refractivity contribution is -0.263. The number of hydrogen-bond acceptors (Lipinski definition) is 12. The molecule has 0 atom stereocenters. The lowest BCUT2D eigenvalue weighted by atomic mass is 10.3. The van der Waals surface area contributed by atoms with Gasteiger partial charge >= 0.3 is 13.6 Å². The Labute approximate surface area is 159 Å². The fourth-order valence-corrected chi connectivity index (χ4v) is 2.86. The highest BCUT2D eigenvalue weighted by Gasteiger charge is 2.30. The lowest BCUT2D eigenvalue weighted by Crippen LogP contribution is -2.12. The third kappa shape index (κ3) is 6.87. The Morgan fingerprint density at radius 1 is 1.11 bits per heavy atom. The molecule has 2 aromatic heterocycles. The fraction of sp³-hybridized carbons (Fsp3) is 0.429. The summed E-state index contributed by atoms with van der Waals surface area (Å²) in [5, 5.41) is 26.8. The van der Waals surface area contributed by atoms with Crippen LogP contribution in [0, 0.1) is 0 Å². The van der Waals surface area contributed by atoms with Gasteiger partial charge in [-0.3, -0.25) is 14.3 Å². The molecule has 0 fully saturated rings. The molecule has 13 nitrogen and oxygen atoms in total. The Morgan fingerprint density at radius 3 is 2.25 bits per heavy atom. The van der Waals surface area contributed by atoms with Crippen LogP contribution in [-0.2, 0) is 34.6 Å². The minimum Gasteiger partial charge on any atom is -0.480 e. The first-order valence-electron chi connectivity index (χ1n) is 8.15. The molecule has 0 unspecified atom stereocenters. The van der Waals surface area contributed by atoms with Crippen molar-refractivity contribution in [2.24, 2.45) is 0 Å². The van der Waals surface area contributed by atoms with Gasteiger partial charge in [0.25, 0.3) is 0 Å². The summed E-state index contributed by atoms with van der Waals surface area (Å²) < 4.78 is 22.0. The zero-order valence-electron chi connectivity index (χ0n) is 15.1. The molecule has 0 aliphatic rings. The van der Waals surface area contributed by atoms with Crippen LogP contribution in [0.25, 0.3) is 11.5 Å². The molecule has 2 heterocycles. The van der Waals surface area contributed by atoms with Crippen molar-refractivity contribution < 1.29 is 33.6 Å². The number of pyridine rings is 1. The van der Waals surface area contributed by atoms with Crippen LogP contribution in [0.3, 0.4) is 0 Å². The molecule has 0 aliphatic heterocycles. The largest absolute Gasteiger partial charge is 0.480 e. The molecule has 28 heavy (non-hydrogen) atoms. The number of anilines is 1. The SMILES string of the molecule is CCOOP(=O)(Cc1nnc(-c2ccc(NCC(=O)O)cn2)nn1)OOCC. The summed E-state index contributed by atoms with van der Waals surface area (Å²) in [5.41, 5.74) is 0.887. The molecule has 2 aromatic rings. The van der Waals surface area contributed by atoms with Crippen molar-refractivity contribution in [3.63, 3.8) is 0 Å². The highest BCUT2D eigenvalue weighted by Crippen LogP contribution is 2.51. The Hall–Kier alpha value is -2.57. The maximum atomic E-state index is 12.5. The minimum atomic E-state index is -3.81. The van der Waals surface area contributed by atoms with E-state index in [0.29, 0.717) is 11.4 Å². The van der Waals surface area contributed by atoms with Crippen molar-refractivity contribution >= 4 is 19.3 Å². The van der Waals surface area contributed by atoms with Crippen LogP contribution in [0.2, 0.25) is 0 Å². The molecule has 0 saturated heterocycles. The van der Waals surface area contributed by atoms with Gasteiger partial charge in [0.05, 0.1) is 25.1 Å². The summed E-state index contributed by atoms with van der Waals surface area (Å²) in [6.07, 6.45) is 1.06. The monoisotopic (exact) mass is 414 g/mol. The van der Waals surface area contributed by atoms with E-state index in [1.165, 1.54) is 6.20 Å². The van der Waals surface area contributed by atoms with Crippen LogP contribution in [0.15, 0.2) is 18.3 Å². The first-order chi connectivity index (χ1) is 13.5. The van der Waals surface area contributed by atoms with Gasteiger partial charge in [-0.1, -0.05) is 0 Å². The molecule has 0 aliphatic carbocycles. The molecule has 0 amide bonds. The second kappa shape index (κ2) is 10.7. The molecule has 0 saturated carbocycles. The first-order valence-corrected chi connectivity index (χ1v) is 9.88. The summed E-state index contributed by atoms with van der Waals surface area (Å²) in [5.74, 6) is -0.874. The molecular formula is C14H19N6O7P. The van der Waals surface area contributed by atoms with Crippen LogP contribution < -0.4 is 5.32 Å². The van der Waals surface area contributed by atoms with Gasteiger partial charge in [-0.15, -0.1) is 29.7 Å². The van der Waals surface area contributed by atoms with E-state index in [-0.39, 0.29) is 37.6 Å². The maximum Gasteiger partial charge on any atom is 0.391 e. The third-order valence-electron chi connectivity index (χ3n) is 2.86. The van der Waals surface area contributed by atoms with E-state index in [0.717, 1.165) is 0 Å². The average molecular weight is 414 g/mol. The van der Waals surface area contributed by atoms with Gasteiger partial charge in [0.1, 0.15) is 18.4 Å². The van der Waals surface area contributed by atoms with Crippen LogP contribution >= 0.6 is 7.60 Å². The van der Waals surface area contributed by atoms with E-state index in [2.05, 4.69) is 40.5 Å². The zero-order valence-corrected chi connectivity index (χ0v) is 16.0. The summed E-state index contributed by atoms with van der Waals surface area (Å²) >= 11 is 0. The van der Waals surface area contributed by atoms with Crippen molar-refractivity contribution in [2.45, 2.75) is 20.0 Å². The maximum absolute atomic E-state index is 12.5. The highest BCUT2D eigenvalue weighted by molar-refractivity contribution is 7.52. The third-order valence-corrected chi connectivity index (χ3v) is 4.20. The van der Waals surface area contributed by atoms with Crippen molar-refractivity contribution in [3.8, 4) is 11.5 Å². The average Bonchev–Trinajstić information content (AvgIpc) is 2.70. The minimum absolute atomic E-state index is 0.00812. The summed E-state index contributed by atoms with van der Waals surface area (Å²) in [6, 6.07) is 3.19. The highest BCUT2D eigenvalue weighted by atomic mass is 31.2. The van der Waals surface area contributed by atoms with E-state index in [1.54, 1.807) is 26.0 Å². The van der Waals surface area contributed by atoms with Crippen molar-refractivity contribution in [1.82, 2.24) is 25.4 Å². The second-order valence-electron chi connectivity index (χ2n) is 5.05. The standard InChI is InChI=1S/C14H19N6O7P/c1-3-24-26-28(23,27-25-4-2)9-12-17-19-14(20-18-12)11-6-5-10(7-16-11)15-8-13(21)22/h5-7,15H,3-4,8-9H2,1-2H3,(H,21,22). The van der Waals surface area contributed by atoms with Gasteiger partial charge in [0.2, 0.25) is 5.82 Å². The first kappa shape index (κ1) is 21.7. The van der Waals surface area contributed by atoms with E-state index < -0.39 is 13.6 Å². The fourth-order valence-electron chi connectivity index (χ4n) is 1.73. The molecule has 0 bridgehead atoms. The predicted octanol–water partition coefficient (Wildman–Crippen LogP) is 1.45. The quantitative estimate of drug-likeness (QED) is 0.291. The van der Waals surface area contributed by atoms with E-state index in [1.807, 2.05) is 0 Å². The van der Waals surface area contributed by atoms with Crippen LogP contribution in [0.1, 0.15) is 19.7 Å². The van der Waals surface area contributed by atoms with Crippen LogP contribution in [0.5, 0.6) is 0 Å². The molecule has 14 heteroatoms. The van der Waals surface area contributed by atoms with E-state index in [4.69, 9.17) is 14.5 Å². The molecule has 2 rings (SSSR count). The summed E-state index contributed by atoms with van der Waals surface area (Å²) in [4.78, 5) is 24.0. The normalized spacial score (nSPS) is 11.4. The van der Waals surface area contributed by atoms with Crippen molar-refractivity contribution in [1.29, 1.82) is 0 Å². The topological polar surface area (TPSA) is 168 Å². The van der Waals surface area contributed by atoms with Gasteiger partial charge in [-0.05, 0) is 26.0 Å². The number of hydrogen-bond donors (Lipinski definition) is 2. The Morgan fingerprint density at radius 2 is 1.75 bits per heavy atom. The van der Waals surface area contributed by atoms with Gasteiger partial charge in [-0.2, -0.15) is 0 Å². The molecule has 0 radical (unpaired) electrons. The number of carboxylic acid groups (broad SMARTS) is 1. The molecule has 0 aromatic carbocycles. The Kier molecular flexibility index (Phi) is 8.29. The molecule has 2 N–H and O–H groups in total. The van der Waals surface area contributed by atoms with Crippen molar-refractivity contribution in [3.05, 3.63) is 24.2 Å². The zero-order chi connectivity index (χ0) is 20.4. The number of nitrogens with one attached hydrogen (secondary N) is 1. The van der Waals surface area contributed by atoms with Gasteiger partial charge in [0, 0.05) is 0 Å². The van der Waals surface area contributed by atoms with Crippen molar-refractivity contribution in [2.75, 3.05) is 25.1 Å². The van der Waals surface area contributed by atoms with Gasteiger partial charge in [-0.25, -0.2) is 9.78 Å².